The molecular formula is C7H8N3+. The maximum atomic E-state index is 4.12. The smallest absolute Gasteiger partial charge is 0.249 e. The first-order chi connectivity index (χ1) is 4.97. The summed E-state index contributed by atoms with van der Waals surface area (Å²) in [4.78, 5) is 4.12. The van der Waals surface area contributed by atoms with Gasteiger partial charge in [-0.25, -0.2) is 9.88 Å². The van der Waals surface area contributed by atoms with E-state index in [2.05, 4.69) is 16.4 Å². The summed E-state index contributed by atoms with van der Waals surface area (Å²) in [5.74, 6) is 0.907. The van der Waals surface area contributed by atoms with Gasteiger partial charge in [0.2, 0.25) is 0 Å². The Morgan fingerprint density at radius 2 is 2.60 bits per heavy atom. The summed E-state index contributed by atoms with van der Waals surface area (Å²) in [5.41, 5.74) is 0. The lowest BCUT2D eigenvalue weighted by molar-refractivity contribution is -0.676. The van der Waals surface area contributed by atoms with Gasteiger partial charge in [0.1, 0.15) is 6.20 Å². The highest BCUT2D eigenvalue weighted by atomic mass is 15.2. The number of hydrogen-bond acceptors (Lipinski definition) is 2. The van der Waals surface area contributed by atoms with E-state index in [9.17, 15) is 0 Å². The van der Waals surface area contributed by atoms with Gasteiger partial charge in [-0.05, 0) is 6.08 Å². The SMILES string of the molecule is C1=CNc2nccc[n+]2C1. The summed E-state index contributed by atoms with van der Waals surface area (Å²) < 4.78 is 2.04. The van der Waals surface area contributed by atoms with Crippen LogP contribution in [0.5, 0.6) is 0 Å². The second kappa shape index (κ2) is 2.10. The molecule has 0 unspecified atom stereocenters. The molecule has 0 radical (unpaired) electrons. The van der Waals surface area contributed by atoms with Crippen molar-refractivity contribution >= 4 is 5.95 Å². The number of hydrogen-bond donors (Lipinski definition) is 1. The van der Waals surface area contributed by atoms with Gasteiger partial charge in [-0.3, -0.25) is 0 Å². The highest BCUT2D eigenvalue weighted by molar-refractivity contribution is 5.22. The van der Waals surface area contributed by atoms with Crippen LogP contribution in [-0.2, 0) is 6.54 Å². The van der Waals surface area contributed by atoms with Crippen LogP contribution in [0.15, 0.2) is 30.7 Å². The molecule has 3 heteroatoms. The average molecular weight is 134 g/mol. The van der Waals surface area contributed by atoms with Crippen molar-refractivity contribution in [3.63, 3.8) is 0 Å². The summed E-state index contributed by atoms with van der Waals surface area (Å²) in [6.07, 6.45) is 7.73. The molecule has 0 saturated heterocycles. The van der Waals surface area contributed by atoms with Gasteiger partial charge in [0.25, 0.3) is 0 Å². The molecule has 1 aromatic rings. The molecule has 0 atom stereocenters. The van der Waals surface area contributed by atoms with Crippen molar-refractivity contribution in [1.29, 1.82) is 0 Å². The number of allylic oxidation sites excluding steroid dienone is 1. The van der Waals surface area contributed by atoms with Gasteiger partial charge in [-0.2, -0.15) is 0 Å². The van der Waals surface area contributed by atoms with Gasteiger partial charge in [0.15, 0.2) is 0 Å². The van der Waals surface area contributed by atoms with E-state index in [0.29, 0.717) is 0 Å². The first-order valence-electron chi connectivity index (χ1n) is 3.23. The molecule has 0 saturated carbocycles. The first kappa shape index (κ1) is 5.41. The fourth-order valence-corrected chi connectivity index (χ4v) is 0.968. The van der Waals surface area contributed by atoms with Crippen molar-refractivity contribution in [2.45, 2.75) is 6.54 Å². The topological polar surface area (TPSA) is 28.8 Å². The Balaban J connectivity index is 2.47. The van der Waals surface area contributed by atoms with Gasteiger partial charge in [0, 0.05) is 6.07 Å². The van der Waals surface area contributed by atoms with Gasteiger partial charge >= 0.3 is 5.95 Å². The molecule has 3 nitrogen and oxygen atoms in total. The molecule has 0 aliphatic carbocycles. The van der Waals surface area contributed by atoms with Crippen LogP contribution in [0.25, 0.3) is 0 Å². The Labute approximate surface area is 59.0 Å². The van der Waals surface area contributed by atoms with E-state index in [0.717, 1.165) is 12.5 Å². The minimum Gasteiger partial charge on any atom is -0.249 e. The lowest BCUT2D eigenvalue weighted by Gasteiger charge is -2.03. The molecule has 1 aliphatic rings. The third-order valence-corrected chi connectivity index (χ3v) is 1.45. The second-order valence-corrected chi connectivity index (χ2v) is 2.14. The van der Waals surface area contributed by atoms with Crippen LogP contribution < -0.4 is 9.88 Å². The molecule has 10 heavy (non-hydrogen) atoms. The van der Waals surface area contributed by atoms with E-state index in [4.69, 9.17) is 0 Å². The maximum absolute atomic E-state index is 4.12. The summed E-state index contributed by atoms with van der Waals surface area (Å²) in [7, 11) is 0. The van der Waals surface area contributed by atoms with E-state index in [1.165, 1.54) is 0 Å². The van der Waals surface area contributed by atoms with Crippen molar-refractivity contribution in [2.24, 2.45) is 0 Å². The molecule has 2 rings (SSSR count). The summed E-state index contributed by atoms with van der Waals surface area (Å²) in [5, 5.41) is 3.03. The highest BCUT2D eigenvalue weighted by Gasteiger charge is 2.08. The molecule has 50 valence electrons. The van der Waals surface area contributed by atoms with Crippen molar-refractivity contribution in [1.82, 2.24) is 4.98 Å². The predicted molar refractivity (Wildman–Crippen MR) is 37.2 cm³/mol. The van der Waals surface area contributed by atoms with Crippen molar-refractivity contribution in [3.8, 4) is 0 Å². The van der Waals surface area contributed by atoms with Gasteiger partial charge in [-0.1, -0.05) is 4.98 Å². The summed E-state index contributed by atoms with van der Waals surface area (Å²) in [6.45, 7) is 0.913. The van der Waals surface area contributed by atoms with E-state index >= 15 is 0 Å². The van der Waals surface area contributed by atoms with Crippen LogP contribution >= 0.6 is 0 Å². The Morgan fingerprint density at radius 3 is 3.50 bits per heavy atom. The Morgan fingerprint density at radius 1 is 1.60 bits per heavy atom. The number of anilines is 1. The fourth-order valence-electron chi connectivity index (χ4n) is 0.968. The molecule has 0 bridgehead atoms. The number of nitrogens with zero attached hydrogens (tertiary/aromatic N) is 2. The number of rotatable bonds is 0. The molecule has 0 aromatic carbocycles. The average Bonchev–Trinajstić information content (AvgIpc) is 2.05. The van der Waals surface area contributed by atoms with Crippen molar-refractivity contribution in [3.05, 3.63) is 30.7 Å². The van der Waals surface area contributed by atoms with Crippen LogP contribution in [0.3, 0.4) is 0 Å². The van der Waals surface area contributed by atoms with Crippen LogP contribution in [-0.4, -0.2) is 4.98 Å². The monoisotopic (exact) mass is 134 g/mol. The third kappa shape index (κ3) is 0.757. The molecule has 1 aromatic heterocycles. The molecule has 1 aliphatic heterocycles. The largest absolute Gasteiger partial charge is 0.396 e. The Kier molecular flexibility index (Phi) is 1.13. The van der Waals surface area contributed by atoms with Crippen molar-refractivity contribution in [2.75, 3.05) is 5.32 Å². The zero-order chi connectivity index (χ0) is 6.81. The van der Waals surface area contributed by atoms with Crippen LogP contribution in [0.1, 0.15) is 0 Å². The lowest BCUT2D eigenvalue weighted by atomic mass is 10.5. The maximum Gasteiger partial charge on any atom is 0.396 e. The minimum absolute atomic E-state index is 0.907. The van der Waals surface area contributed by atoms with Gasteiger partial charge in [-0.15, -0.1) is 0 Å². The Bertz CT molecular complexity index is 240. The Hall–Kier alpha value is -1.38. The van der Waals surface area contributed by atoms with Crippen LogP contribution in [0, 0.1) is 0 Å². The van der Waals surface area contributed by atoms with E-state index in [1.807, 2.05) is 23.0 Å². The highest BCUT2D eigenvalue weighted by Crippen LogP contribution is 1.96. The molecule has 0 spiro atoms. The standard InChI is InChI=1S/C7H7N3/c1-3-8-7-9-4-2-6-10(7)5-1/h1-5H,6H2/p+1. The normalized spacial score (nSPS) is 14.0. The van der Waals surface area contributed by atoms with Crippen molar-refractivity contribution < 1.29 is 4.57 Å². The quantitative estimate of drug-likeness (QED) is 0.517. The minimum atomic E-state index is 0.907. The second-order valence-electron chi connectivity index (χ2n) is 2.14. The number of nitrogens with one attached hydrogen (secondary N) is 1. The van der Waals surface area contributed by atoms with E-state index in [1.54, 1.807) is 6.20 Å². The molecule has 0 fully saturated rings. The van der Waals surface area contributed by atoms with E-state index < -0.39 is 0 Å². The van der Waals surface area contributed by atoms with E-state index in [-0.39, 0.29) is 0 Å². The molecule has 1 N–H and O–H groups in total. The van der Waals surface area contributed by atoms with Gasteiger partial charge < -0.3 is 0 Å². The van der Waals surface area contributed by atoms with Crippen LogP contribution in [0.2, 0.25) is 0 Å². The zero-order valence-electron chi connectivity index (χ0n) is 5.49. The third-order valence-electron chi connectivity index (χ3n) is 1.45. The lowest BCUT2D eigenvalue weighted by Crippen LogP contribution is -2.38. The predicted octanol–water partition coefficient (Wildman–Crippen LogP) is 0.308. The number of fused-ring (bicyclic) bond motifs is 1. The summed E-state index contributed by atoms with van der Waals surface area (Å²) >= 11 is 0. The van der Waals surface area contributed by atoms with Gasteiger partial charge in [0.05, 0.1) is 18.9 Å². The fraction of sp³-hybridized carbons (Fsp3) is 0.143. The zero-order valence-corrected chi connectivity index (χ0v) is 5.49. The molecule has 0 amide bonds. The molecule has 2 heterocycles. The number of aromatic nitrogens is 2. The molecular weight excluding hydrogens is 126 g/mol. The summed E-state index contributed by atoms with van der Waals surface area (Å²) in [6, 6.07) is 1.92. The first-order valence-corrected chi connectivity index (χ1v) is 3.23. The van der Waals surface area contributed by atoms with Crippen LogP contribution in [0.4, 0.5) is 5.95 Å².